The number of para-hydroxylation sites is 1. The molecule has 0 heterocycles. The molecule has 0 spiro atoms. The van der Waals surface area contributed by atoms with Gasteiger partial charge in [-0.25, -0.2) is 4.39 Å². The first-order valence-electron chi connectivity index (χ1n) is 4.69. The minimum Gasteiger partial charge on any atom is -0.409 e. The van der Waals surface area contributed by atoms with Gasteiger partial charge in [-0.1, -0.05) is 22.8 Å². The predicted molar refractivity (Wildman–Crippen MR) is 62.6 cm³/mol. The van der Waals surface area contributed by atoms with Crippen LogP contribution in [0.25, 0.3) is 0 Å². The van der Waals surface area contributed by atoms with E-state index in [2.05, 4.69) is 10.5 Å². The van der Waals surface area contributed by atoms with Crippen molar-refractivity contribution in [3.05, 3.63) is 29.0 Å². The van der Waals surface area contributed by atoms with Crippen LogP contribution in [-0.2, 0) is 4.79 Å². The van der Waals surface area contributed by atoms with Crippen molar-refractivity contribution in [3.8, 4) is 0 Å². The van der Waals surface area contributed by atoms with Crippen molar-refractivity contribution < 1.29 is 14.4 Å². The van der Waals surface area contributed by atoms with Gasteiger partial charge in [-0.15, -0.1) is 0 Å². The normalized spacial score (nSPS) is 13.2. The number of anilines is 1. The number of rotatable bonds is 3. The van der Waals surface area contributed by atoms with Crippen LogP contribution >= 0.6 is 11.6 Å². The summed E-state index contributed by atoms with van der Waals surface area (Å²) in [5.74, 6) is -2.43. The van der Waals surface area contributed by atoms with E-state index in [0.717, 1.165) is 6.07 Å². The predicted octanol–water partition coefficient (Wildman–Crippen LogP) is 1.80. The van der Waals surface area contributed by atoms with Crippen LogP contribution in [0.5, 0.6) is 0 Å². The lowest BCUT2D eigenvalue weighted by molar-refractivity contribution is -0.117. The standard InChI is InChI=1S/C10H11ClFN3O2/c1-5(9(13)15-17)10(16)14-8-6(11)3-2-4-7(8)12/h2-5,17H,1H3,(H2,13,15)(H,14,16). The van der Waals surface area contributed by atoms with E-state index in [9.17, 15) is 9.18 Å². The SMILES string of the molecule is CC(C(=O)Nc1c(F)cccc1Cl)/C(N)=N/O. The summed E-state index contributed by atoms with van der Waals surface area (Å²) >= 11 is 5.73. The van der Waals surface area contributed by atoms with E-state index < -0.39 is 17.6 Å². The Balaban J connectivity index is 2.89. The fourth-order valence-electron chi connectivity index (χ4n) is 1.07. The van der Waals surface area contributed by atoms with Crippen molar-refractivity contribution in [1.29, 1.82) is 0 Å². The van der Waals surface area contributed by atoms with Gasteiger partial charge in [0.2, 0.25) is 5.91 Å². The summed E-state index contributed by atoms with van der Waals surface area (Å²) < 4.78 is 13.3. The molecule has 17 heavy (non-hydrogen) atoms. The summed E-state index contributed by atoms with van der Waals surface area (Å²) in [6.07, 6.45) is 0. The summed E-state index contributed by atoms with van der Waals surface area (Å²) in [5, 5.41) is 13.5. The Morgan fingerprint density at radius 3 is 2.82 bits per heavy atom. The topological polar surface area (TPSA) is 87.7 Å². The third kappa shape index (κ3) is 3.07. The van der Waals surface area contributed by atoms with Crippen molar-refractivity contribution in [2.75, 3.05) is 5.32 Å². The second-order valence-electron chi connectivity index (χ2n) is 3.33. The van der Waals surface area contributed by atoms with Gasteiger partial charge >= 0.3 is 0 Å². The van der Waals surface area contributed by atoms with E-state index in [1.165, 1.54) is 19.1 Å². The van der Waals surface area contributed by atoms with Gasteiger partial charge in [0, 0.05) is 0 Å². The van der Waals surface area contributed by atoms with Gasteiger partial charge < -0.3 is 16.3 Å². The molecule has 0 radical (unpaired) electrons. The molecule has 0 saturated carbocycles. The van der Waals surface area contributed by atoms with E-state index in [-0.39, 0.29) is 16.5 Å². The van der Waals surface area contributed by atoms with Crippen LogP contribution in [0.2, 0.25) is 5.02 Å². The molecule has 0 aliphatic carbocycles. The van der Waals surface area contributed by atoms with Gasteiger partial charge in [0.05, 0.1) is 16.6 Å². The zero-order valence-electron chi connectivity index (χ0n) is 8.95. The monoisotopic (exact) mass is 259 g/mol. The van der Waals surface area contributed by atoms with E-state index in [0.29, 0.717) is 0 Å². The summed E-state index contributed by atoms with van der Waals surface area (Å²) in [4.78, 5) is 11.6. The second-order valence-corrected chi connectivity index (χ2v) is 3.74. The van der Waals surface area contributed by atoms with Crippen molar-refractivity contribution in [2.45, 2.75) is 6.92 Å². The number of oxime groups is 1. The molecule has 7 heteroatoms. The smallest absolute Gasteiger partial charge is 0.235 e. The number of nitrogens with one attached hydrogen (secondary N) is 1. The fourth-order valence-corrected chi connectivity index (χ4v) is 1.28. The van der Waals surface area contributed by atoms with Crippen LogP contribution in [0.15, 0.2) is 23.4 Å². The van der Waals surface area contributed by atoms with Crippen molar-refractivity contribution >= 4 is 29.0 Å². The maximum absolute atomic E-state index is 13.3. The Labute approximate surface area is 102 Å². The minimum absolute atomic E-state index is 0.0741. The first kappa shape index (κ1) is 13.2. The molecular formula is C10H11ClFN3O2. The number of carbonyl (C=O) groups is 1. The van der Waals surface area contributed by atoms with Crippen LogP contribution in [0.1, 0.15) is 6.92 Å². The summed E-state index contributed by atoms with van der Waals surface area (Å²) in [6.45, 7) is 1.42. The number of amides is 1. The molecule has 92 valence electrons. The molecule has 1 unspecified atom stereocenters. The molecule has 5 nitrogen and oxygen atoms in total. The maximum atomic E-state index is 13.3. The molecule has 4 N–H and O–H groups in total. The number of benzene rings is 1. The van der Waals surface area contributed by atoms with Gasteiger partial charge in [0.15, 0.2) is 5.84 Å². The molecule has 0 aliphatic rings. The molecule has 1 rings (SSSR count). The van der Waals surface area contributed by atoms with E-state index >= 15 is 0 Å². The summed E-state index contributed by atoms with van der Waals surface area (Å²) in [6, 6.07) is 4.02. The van der Waals surface area contributed by atoms with Crippen molar-refractivity contribution in [3.63, 3.8) is 0 Å². The number of amidine groups is 1. The van der Waals surface area contributed by atoms with E-state index in [1.807, 2.05) is 0 Å². The van der Waals surface area contributed by atoms with E-state index in [1.54, 1.807) is 0 Å². The van der Waals surface area contributed by atoms with Crippen LogP contribution in [0.4, 0.5) is 10.1 Å². The quantitative estimate of drug-likeness (QED) is 0.335. The van der Waals surface area contributed by atoms with Gasteiger partial charge in [-0.3, -0.25) is 4.79 Å². The number of nitrogens with two attached hydrogens (primary N) is 1. The van der Waals surface area contributed by atoms with Crippen molar-refractivity contribution in [2.24, 2.45) is 16.8 Å². The van der Waals surface area contributed by atoms with Gasteiger partial charge in [-0.2, -0.15) is 0 Å². The highest BCUT2D eigenvalue weighted by molar-refractivity contribution is 6.33. The zero-order valence-corrected chi connectivity index (χ0v) is 9.70. The molecule has 0 aromatic heterocycles. The highest BCUT2D eigenvalue weighted by Crippen LogP contribution is 2.24. The lowest BCUT2D eigenvalue weighted by atomic mass is 10.1. The lowest BCUT2D eigenvalue weighted by Gasteiger charge is -2.12. The number of halogens is 2. The molecule has 1 amide bonds. The van der Waals surface area contributed by atoms with Crippen molar-refractivity contribution in [1.82, 2.24) is 0 Å². The average Bonchev–Trinajstić information content (AvgIpc) is 2.31. The molecule has 1 atom stereocenters. The van der Waals surface area contributed by atoms with Crippen LogP contribution in [-0.4, -0.2) is 17.0 Å². The zero-order chi connectivity index (χ0) is 13.0. The van der Waals surface area contributed by atoms with Crippen LogP contribution < -0.4 is 11.1 Å². The summed E-state index contributed by atoms with van der Waals surface area (Å²) in [5.41, 5.74) is 5.13. The largest absolute Gasteiger partial charge is 0.409 e. The molecule has 0 fully saturated rings. The van der Waals surface area contributed by atoms with Gasteiger partial charge in [-0.05, 0) is 19.1 Å². The Hall–Kier alpha value is -1.82. The van der Waals surface area contributed by atoms with Crippen LogP contribution in [0, 0.1) is 11.7 Å². The third-order valence-electron chi connectivity index (χ3n) is 2.16. The Kier molecular flexibility index (Phi) is 4.28. The average molecular weight is 260 g/mol. The Bertz CT molecular complexity index is 445. The second kappa shape index (κ2) is 5.49. The number of hydrogen-bond donors (Lipinski definition) is 3. The van der Waals surface area contributed by atoms with Gasteiger partial charge in [0.25, 0.3) is 0 Å². The molecule has 1 aromatic carbocycles. The number of carbonyl (C=O) groups excluding carboxylic acids is 1. The highest BCUT2D eigenvalue weighted by atomic mass is 35.5. The fraction of sp³-hybridized carbons (Fsp3) is 0.200. The van der Waals surface area contributed by atoms with Gasteiger partial charge in [0.1, 0.15) is 5.82 Å². The lowest BCUT2D eigenvalue weighted by Crippen LogP contribution is -2.32. The molecular weight excluding hydrogens is 249 g/mol. The molecule has 0 bridgehead atoms. The maximum Gasteiger partial charge on any atom is 0.235 e. The van der Waals surface area contributed by atoms with Crippen LogP contribution in [0.3, 0.4) is 0 Å². The first-order chi connectivity index (χ1) is 7.97. The Morgan fingerprint density at radius 2 is 2.29 bits per heavy atom. The summed E-state index contributed by atoms with van der Waals surface area (Å²) in [7, 11) is 0. The molecule has 1 aromatic rings. The molecule has 0 saturated heterocycles. The number of hydrogen-bond acceptors (Lipinski definition) is 3. The molecule has 0 aliphatic heterocycles. The van der Waals surface area contributed by atoms with E-state index in [4.69, 9.17) is 22.5 Å². The highest BCUT2D eigenvalue weighted by Gasteiger charge is 2.19. The third-order valence-corrected chi connectivity index (χ3v) is 2.48. The minimum atomic E-state index is -0.893. The number of nitrogens with zero attached hydrogens (tertiary/aromatic N) is 1. The first-order valence-corrected chi connectivity index (χ1v) is 5.07. The Morgan fingerprint density at radius 1 is 1.65 bits per heavy atom.